The van der Waals surface area contributed by atoms with Crippen LogP contribution in [0, 0.1) is 12.8 Å². The van der Waals surface area contributed by atoms with Crippen molar-refractivity contribution in [3.63, 3.8) is 0 Å². The van der Waals surface area contributed by atoms with Gasteiger partial charge >= 0.3 is 0 Å². The SMILES string of the molecule is C#C.C=C(C)C.CC(C)(NC(=O)c1cccc(NCC=O)c1)c1ccccc1.CN1CCC[C@H]1C(N)=O. The van der Waals surface area contributed by atoms with Crippen LogP contribution in [0.2, 0.25) is 0 Å². The van der Waals surface area contributed by atoms with Crippen LogP contribution in [0.25, 0.3) is 0 Å². The Morgan fingerprint density at radius 2 is 1.73 bits per heavy atom. The molecule has 1 aliphatic heterocycles. The molecule has 2 amide bonds. The van der Waals surface area contributed by atoms with Gasteiger partial charge in [0.25, 0.3) is 5.91 Å². The molecule has 0 radical (unpaired) electrons. The van der Waals surface area contributed by atoms with Crippen LogP contribution < -0.4 is 16.4 Å². The Labute approximate surface area is 222 Å². The summed E-state index contributed by atoms with van der Waals surface area (Å²) >= 11 is 0. The molecule has 0 aliphatic carbocycles. The van der Waals surface area contributed by atoms with E-state index in [2.05, 4.69) is 30.1 Å². The van der Waals surface area contributed by atoms with Gasteiger partial charge in [0.2, 0.25) is 5.91 Å². The van der Waals surface area contributed by atoms with Gasteiger partial charge in [-0.3, -0.25) is 14.5 Å². The van der Waals surface area contributed by atoms with E-state index in [9.17, 15) is 14.4 Å². The number of amides is 2. The van der Waals surface area contributed by atoms with Gasteiger partial charge in [-0.25, -0.2) is 0 Å². The van der Waals surface area contributed by atoms with Gasteiger partial charge in [-0.2, -0.15) is 0 Å². The molecule has 0 bridgehead atoms. The third kappa shape index (κ3) is 13.1. The molecule has 7 nitrogen and oxygen atoms in total. The molecule has 0 unspecified atom stereocenters. The lowest BCUT2D eigenvalue weighted by Crippen LogP contribution is -2.40. The van der Waals surface area contributed by atoms with Crippen molar-refractivity contribution >= 4 is 23.8 Å². The van der Waals surface area contributed by atoms with E-state index in [1.54, 1.807) is 18.2 Å². The van der Waals surface area contributed by atoms with E-state index in [-0.39, 0.29) is 24.4 Å². The summed E-state index contributed by atoms with van der Waals surface area (Å²) in [4.78, 5) is 35.4. The van der Waals surface area contributed by atoms with E-state index >= 15 is 0 Å². The molecular weight excluding hydrogens is 464 g/mol. The summed E-state index contributed by atoms with van der Waals surface area (Å²) in [6, 6.07) is 16.9. The number of nitrogens with one attached hydrogen (secondary N) is 2. The number of aldehydes is 1. The van der Waals surface area contributed by atoms with Crippen molar-refractivity contribution in [3.8, 4) is 12.8 Å². The largest absolute Gasteiger partial charge is 0.378 e. The average molecular weight is 507 g/mol. The Morgan fingerprint density at radius 1 is 1.14 bits per heavy atom. The summed E-state index contributed by atoms with van der Waals surface area (Å²) in [6.07, 6.45) is 10.8. The molecular formula is C30H42N4O3. The number of hydrogen-bond donors (Lipinski definition) is 3. The van der Waals surface area contributed by atoms with Gasteiger partial charge in [-0.1, -0.05) is 42.0 Å². The Bertz CT molecular complexity index is 1010. The molecule has 7 heteroatoms. The number of allylic oxidation sites excluding steroid dienone is 1. The van der Waals surface area contributed by atoms with Gasteiger partial charge in [0.1, 0.15) is 6.29 Å². The number of hydrogen-bond acceptors (Lipinski definition) is 5. The number of likely N-dealkylation sites (tertiary alicyclic amines) is 1. The standard InChI is InChI=1S/C18H20N2O2.C6H12N2O.C4H8.C2H2/c1-18(2,15-8-4-3-5-9-15)20-17(22)14-7-6-10-16(13-14)19-11-12-21;1-8-4-2-3-5(8)6(7)9;1-4(2)3;1-2/h3-10,12-13,19H,11H2,1-2H3,(H,20,22);5H,2-4H2,1H3,(H2,7,9);1H2,2-3H3;1-2H/t;5-;;/m.0../s1. The van der Waals surface area contributed by atoms with Crippen molar-refractivity contribution in [2.24, 2.45) is 5.73 Å². The normalized spacial score (nSPS) is 14.2. The van der Waals surface area contributed by atoms with Crippen LogP contribution >= 0.6 is 0 Å². The monoisotopic (exact) mass is 506 g/mol. The summed E-state index contributed by atoms with van der Waals surface area (Å²) in [5.41, 5.74) is 8.15. The summed E-state index contributed by atoms with van der Waals surface area (Å²) < 4.78 is 0. The van der Waals surface area contributed by atoms with Crippen molar-refractivity contribution in [1.82, 2.24) is 10.2 Å². The zero-order valence-electron chi connectivity index (χ0n) is 22.8. The van der Waals surface area contributed by atoms with E-state index in [1.165, 1.54) is 5.57 Å². The summed E-state index contributed by atoms with van der Waals surface area (Å²) in [7, 11) is 1.93. The second kappa shape index (κ2) is 17.5. The molecule has 0 spiro atoms. The molecule has 1 fully saturated rings. The number of primary amides is 1. The predicted octanol–water partition coefficient (Wildman–Crippen LogP) is 4.36. The molecule has 2 aromatic rings. The van der Waals surface area contributed by atoms with Crippen LogP contribution in [0.1, 0.15) is 56.5 Å². The van der Waals surface area contributed by atoms with Gasteiger partial charge in [-0.15, -0.1) is 19.4 Å². The number of terminal acetylenes is 1. The Balaban J connectivity index is 0.000000711. The molecule has 2 aromatic carbocycles. The van der Waals surface area contributed by atoms with E-state index in [4.69, 9.17) is 5.73 Å². The minimum atomic E-state index is -0.468. The van der Waals surface area contributed by atoms with E-state index in [1.807, 2.05) is 76.0 Å². The molecule has 1 heterocycles. The van der Waals surface area contributed by atoms with Crippen molar-refractivity contribution in [1.29, 1.82) is 0 Å². The van der Waals surface area contributed by atoms with Gasteiger partial charge in [0, 0.05) is 11.3 Å². The molecule has 4 N–H and O–H groups in total. The number of nitrogens with zero attached hydrogens (tertiary/aromatic N) is 1. The Hall–Kier alpha value is -3.89. The summed E-state index contributed by atoms with van der Waals surface area (Å²) in [5, 5.41) is 5.97. The maximum absolute atomic E-state index is 12.5. The number of carbonyl (C=O) groups excluding carboxylic acids is 3. The second-order valence-corrected chi connectivity index (χ2v) is 9.32. The zero-order valence-corrected chi connectivity index (χ0v) is 22.8. The number of carbonyl (C=O) groups is 3. The number of benzene rings is 2. The fourth-order valence-electron chi connectivity index (χ4n) is 3.48. The molecule has 0 saturated carbocycles. The first-order valence-corrected chi connectivity index (χ1v) is 12.1. The van der Waals surface area contributed by atoms with Crippen LogP contribution in [0.4, 0.5) is 5.69 Å². The molecule has 3 rings (SSSR count). The average Bonchev–Trinajstić information content (AvgIpc) is 3.31. The predicted molar refractivity (Wildman–Crippen MR) is 153 cm³/mol. The van der Waals surface area contributed by atoms with Crippen molar-refractivity contribution in [3.05, 3.63) is 77.9 Å². The van der Waals surface area contributed by atoms with Gasteiger partial charge < -0.3 is 21.2 Å². The minimum absolute atomic E-state index is 0.00463. The van der Waals surface area contributed by atoms with E-state index in [0.717, 1.165) is 36.9 Å². The summed E-state index contributed by atoms with van der Waals surface area (Å²) in [5.74, 6) is -0.335. The third-order valence-corrected chi connectivity index (χ3v) is 5.28. The molecule has 1 saturated heterocycles. The maximum Gasteiger partial charge on any atom is 0.252 e. The molecule has 37 heavy (non-hydrogen) atoms. The first kappa shape index (κ1) is 33.1. The fraction of sp³-hybridized carbons (Fsp3) is 0.367. The smallest absolute Gasteiger partial charge is 0.252 e. The van der Waals surface area contributed by atoms with Crippen LogP contribution in [0.5, 0.6) is 0 Å². The number of anilines is 1. The lowest BCUT2D eigenvalue weighted by atomic mass is 9.94. The number of rotatable bonds is 7. The molecule has 200 valence electrons. The van der Waals surface area contributed by atoms with E-state index < -0.39 is 5.54 Å². The Morgan fingerprint density at radius 3 is 2.19 bits per heavy atom. The minimum Gasteiger partial charge on any atom is -0.378 e. The lowest BCUT2D eigenvalue weighted by molar-refractivity contribution is -0.121. The Kier molecular flexibility index (Phi) is 15.7. The van der Waals surface area contributed by atoms with Crippen molar-refractivity contribution in [2.75, 3.05) is 25.5 Å². The van der Waals surface area contributed by atoms with E-state index in [0.29, 0.717) is 5.56 Å². The fourth-order valence-corrected chi connectivity index (χ4v) is 3.48. The van der Waals surface area contributed by atoms with Gasteiger partial charge in [-0.05, 0) is 77.9 Å². The number of nitrogens with two attached hydrogens (primary N) is 1. The van der Waals surface area contributed by atoms with Crippen LogP contribution in [-0.4, -0.2) is 49.2 Å². The summed E-state index contributed by atoms with van der Waals surface area (Å²) in [6.45, 7) is 12.7. The van der Waals surface area contributed by atoms with Gasteiger partial charge in [0.05, 0.1) is 18.1 Å². The highest BCUT2D eigenvalue weighted by Gasteiger charge is 2.25. The lowest BCUT2D eigenvalue weighted by Gasteiger charge is -2.27. The molecule has 0 aromatic heterocycles. The molecule has 1 aliphatic rings. The number of likely N-dealkylation sites (N-methyl/N-ethyl adjacent to an activating group) is 1. The second-order valence-electron chi connectivity index (χ2n) is 9.32. The maximum atomic E-state index is 12.5. The van der Waals surface area contributed by atoms with Gasteiger partial charge in [0.15, 0.2) is 0 Å². The highest BCUT2D eigenvalue weighted by atomic mass is 16.2. The zero-order chi connectivity index (χ0) is 28.4. The van der Waals surface area contributed by atoms with Crippen molar-refractivity contribution < 1.29 is 14.4 Å². The molecule has 1 atom stereocenters. The first-order valence-electron chi connectivity index (χ1n) is 12.1. The third-order valence-electron chi connectivity index (χ3n) is 5.28. The van der Waals surface area contributed by atoms with Crippen LogP contribution in [-0.2, 0) is 15.1 Å². The highest BCUT2D eigenvalue weighted by Crippen LogP contribution is 2.20. The van der Waals surface area contributed by atoms with Crippen LogP contribution in [0.15, 0.2) is 66.7 Å². The highest BCUT2D eigenvalue weighted by molar-refractivity contribution is 5.95. The topological polar surface area (TPSA) is 105 Å². The van der Waals surface area contributed by atoms with Crippen molar-refractivity contribution in [2.45, 2.75) is 52.1 Å². The quantitative estimate of drug-likeness (QED) is 0.294. The first-order chi connectivity index (χ1) is 17.5. The van der Waals surface area contributed by atoms with Crippen LogP contribution in [0.3, 0.4) is 0 Å².